The van der Waals surface area contributed by atoms with E-state index in [1.54, 1.807) is 6.20 Å². The lowest BCUT2D eigenvalue weighted by molar-refractivity contribution is -0.573. The zero-order chi connectivity index (χ0) is 19.0. The summed E-state index contributed by atoms with van der Waals surface area (Å²) in [4.78, 5) is 14.0. The normalized spacial score (nSPS) is 53.7. The molecule has 8 heteroatoms. The van der Waals surface area contributed by atoms with Gasteiger partial charge in [0.15, 0.2) is 21.7 Å². The van der Waals surface area contributed by atoms with Crippen LogP contribution in [0.3, 0.4) is 0 Å². The Morgan fingerprint density at radius 3 is 2.67 bits per heavy atom. The van der Waals surface area contributed by atoms with Crippen molar-refractivity contribution in [2.45, 2.75) is 70.4 Å². The highest BCUT2D eigenvalue weighted by atomic mass is 32.2. The number of nitrogens with zero attached hydrogens (tertiary/aromatic N) is 1. The van der Waals surface area contributed by atoms with E-state index >= 15 is 0 Å². The molecule has 0 aromatic heterocycles. The molecule has 4 saturated heterocycles. The number of rotatable bonds is 1. The van der Waals surface area contributed by atoms with Crippen LogP contribution >= 0.6 is 0 Å². The molecule has 1 spiro atoms. The predicted molar refractivity (Wildman–Crippen MR) is 96.5 cm³/mol. The Morgan fingerprint density at radius 1 is 1.11 bits per heavy atom. The van der Waals surface area contributed by atoms with Crippen LogP contribution in [0.15, 0.2) is 11.6 Å². The van der Waals surface area contributed by atoms with Gasteiger partial charge in [-0.2, -0.15) is 0 Å². The second kappa shape index (κ2) is 5.92. The summed E-state index contributed by atoms with van der Waals surface area (Å²) in [5.41, 5.74) is -0.574. The fraction of sp³-hybridized carbons (Fsp3) is 0.895. The highest BCUT2D eigenvalue weighted by molar-refractivity contribution is 7.94. The van der Waals surface area contributed by atoms with E-state index < -0.39 is 27.5 Å². The molecule has 27 heavy (non-hydrogen) atoms. The molecule has 0 N–H and O–H groups in total. The molecule has 0 aromatic carbocycles. The highest BCUT2D eigenvalue weighted by Gasteiger charge is 2.69. The van der Waals surface area contributed by atoms with Crippen LogP contribution in [0.1, 0.15) is 46.5 Å². The topological polar surface area (TPSA) is 74.3 Å². The van der Waals surface area contributed by atoms with Gasteiger partial charge in [0.1, 0.15) is 6.23 Å². The number of sulfone groups is 1. The minimum Gasteiger partial charge on any atom is -0.350 e. The zero-order valence-corrected chi connectivity index (χ0v) is 17.0. The Hall–Kier alpha value is -0.670. The third-order valence-corrected chi connectivity index (χ3v) is 8.83. The maximum Gasteiger partial charge on any atom is 0.201 e. The van der Waals surface area contributed by atoms with Gasteiger partial charge in [0.2, 0.25) is 5.79 Å². The van der Waals surface area contributed by atoms with E-state index in [0.717, 1.165) is 25.7 Å². The number of hydrogen-bond donors (Lipinski definition) is 0. The SMILES string of the molecule is C[C@H]1[C@H](N2C=CS(=O)(=O)CC2)O[C@@H]2O[C@]3(C)CC[C@H]4[C@H](C)CC[C@@H]1[C@@]24OO3. The van der Waals surface area contributed by atoms with Crippen LogP contribution in [0.25, 0.3) is 0 Å². The lowest BCUT2D eigenvalue weighted by Gasteiger charge is -2.61. The van der Waals surface area contributed by atoms with Crippen LogP contribution in [0.2, 0.25) is 0 Å². The number of hydrogen-bond acceptors (Lipinski definition) is 7. The van der Waals surface area contributed by atoms with Gasteiger partial charge in [-0.05, 0) is 38.0 Å². The Kier molecular flexibility index (Phi) is 4.03. The van der Waals surface area contributed by atoms with E-state index in [0.29, 0.717) is 18.4 Å². The zero-order valence-electron chi connectivity index (χ0n) is 16.2. The van der Waals surface area contributed by atoms with E-state index in [9.17, 15) is 8.42 Å². The Balaban J connectivity index is 1.52. The molecular formula is C19H29NO6S. The third-order valence-electron chi connectivity index (χ3n) is 7.54. The first kappa shape index (κ1) is 18.4. The predicted octanol–water partition coefficient (Wildman–Crippen LogP) is 2.40. The minimum absolute atomic E-state index is 0.119. The molecule has 2 bridgehead atoms. The summed E-state index contributed by atoms with van der Waals surface area (Å²) in [5.74, 6) is 0.626. The summed E-state index contributed by atoms with van der Waals surface area (Å²) in [6.07, 6.45) is 4.93. The molecule has 6 aliphatic rings. The smallest absolute Gasteiger partial charge is 0.201 e. The second-order valence-corrected chi connectivity index (χ2v) is 11.2. The Labute approximate surface area is 160 Å². The van der Waals surface area contributed by atoms with Crippen molar-refractivity contribution in [3.05, 3.63) is 11.6 Å². The van der Waals surface area contributed by atoms with Crippen molar-refractivity contribution in [3.63, 3.8) is 0 Å². The van der Waals surface area contributed by atoms with E-state index in [2.05, 4.69) is 13.8 Å². The molecule has 0 amide bonds. The standard InChI is InChI=1S/C19H29NO6S/c1-12-4-5-15-13(2)16(20-8-10-27(21,22)11-9-20)23-17-19(15)14(12)6-7-18(3,24-17)25-26-19/h8,10,12-17H,4-7,9,11H2,1-3H3/t12-,13-,14+,15+,16-,17-,18+,19-/m1/s1. The molecule has 1 saturated carbocycles. The van der Waals surface area contributed by atoms with E-state index in [1.165, 1.54) is 5.41 Å². The molecule has 5 aliphatic heterocycles. The Morgan fingerprint density at radius 2 is 1.93 bits per heavy atom. The maximum atomic E-state index is 11.8. The van der Waals surface area contributed by atoms with Crippen LogP contribution in [-0.4, -0.2) is 49.5 Å². The van der Waals surface area contributed by atoms with Crippen LogP contribution in [0, 0.1) is 23.7 Å². The maximum absolute atomic E-state index is 11.8. The molecule has 0 unspecified atom stereocenters. The summed E-state index contributed by atoms with van der Waals surface area (Å²) < 4.78 is 36.4. The molecule has 7 nitrogen and oxygen atoms in total. The molecule has 152 valence electrons. The number of fused-ring (bicyclic) bond motifs is 2. The monoisotopic (exact) mass is 399 g/mol. The summed E-state index contributed by atoms with van der Waals surface area (Å²) in [5, 5.41) is 1.30. The first-order valence-corrected chi connectivity index (χ1v) is 11.8. The average molecular weight is 400 g/mol. The molecular weight excluding hydrogens is 370 g/mol. The van der Waals surface area contributed by atoms with Crippen LogP contribution in [0.4, 0.5) is 0 Å². The van der Waals surface area contributed by atoms with Crippen LogP contribution in [0.5, 0.6) is 0 Å². The van der Waals surface area contributed by atoms with E-state index in [1.807, 2.05) is 11.8 Å². The van der Waals surface area contributed by atoms with Gasteiger partial charge in [0, 0.05) is 36.4 Å². The van der Waals surface area contributed by atoms with Crippen molar-refractivity contribution < 1.29 is 27.7 Å². The van der Waals surface area contributed by atoms with Gasteiger partial charge in [-0.1, -0.05) is 13.8 Å². The Bertz CT molecular complexity index is 755. The van der Waals surface area contributed by atoms with Crippen LogP contribution < -0.4 is 0 Å². The molecule has 5 heterocycles. The first-order chi connectivity index (χ1) is 12.7. The second-order valence-electron chi connectivity index (χ2n) is 9.19. The summed E-state index contributed by atoms with van der Waals surface area (Å²) in [6.45, 7) is 6.84. The average Bonchev–Trinajstić information content (AvgIpc) is 2.85. The van der Waals surface area contributed by atoms with E-state index in [4.69, 9.17) is 19.2 Å². The van der Waals surface area contributed by atoms with Crippen molar-refractivity contribution in [1.82, 2.24) is 4.90 Å². The molecule has 5 fully saturated rings. The van der Waals surface area contributed by atoms with Crippen molar-refractivity contribution in [2.24, 2.45) is 23.7 Å². The van der Waals surface area contributed by atoms with Crippen molar-refractivity contribution in [3.8, 4) is 0 Å². The molecule has 0 radical (unpaired) electrons. The quantitative estimate of drug-likeness (QED) is 0.627. The fourth-order valence-corrected chi connectivity index (χ4v) is 6.97. The van der Waals surface area contributed by atoms with Gasteiger partial charge < -0.3 is 14.4 Å². The lowest BCUT2D eigenvalue weighted by Crippen LogP contribution is -2.71. The molecule has 8 atom stereocenters. The van der Waals surface area contributed by atoms with Gasteiger partial charge in [-0.15, -0.1) is 0 Å². The summed E-state index contributed by atoms with van der Waals surface area (Å²) >= 11 is 0. The van der Waals surface area contributed by atoms with E-state index in [-0.39, 0.29) is 23.8 Å². The lowest BCUT2D eigenvalue weighted by atomic mass is 9.58. The number of ether oxygens (including phenoxy) is 2. The summed E-state index contributed by atoms with van der Waals surface area (Å²) in [7, 11) is -3.10. The molecule has 6 rings (SSSR count). The van der Waals surface area contributed by atoms with Crippen molar-refractivity contribution in [1.29, 1.82) is 0 Å². The highest BCUT2D eigenvalue weighted by Crippen LogP contribution is 2.60. The largest absolute Gasteiger partial charge is 0.350 e. The van der Waals surface area contributed by atoms with Gasteiger partial charge in [-0.25, -0.2) is 18.2 Å². The van der Waals surface area contributed by atoms with Crippen molar-refractivity contribution >= 4 is 9.84 Å². The van der Waals surface area contributed by atoms with Gasteiger partial charge in [0.05, 0.1) is 5.75 Å². The summed E-state index contributed by atoms with van der Waals surface area (Å²) in [6, 6.07) is 0. The third kappa shape index (κ3) is 2.64. The minimum atomic E-state index is -3.10. The molecule has 0 aromatic rings. The van der Waals surface area contributed by atoms with Crippen molar-refractivity contribution in [2.75, 3.05) is 12.3 Å². The van der Waals surface area contributed by atoms with Gasteiger partial charge in [-0.3, -0.25) is 0 Å². The first-order valence-electron chi connectivity index (χ1n) is 10.1. The van der Waals surface area contributed by atoms with Gasteiger partial charge >= 0.3 is 0 Å². The van der Waals surface area contributed by atoms with Crippen LogP contribution in [-0.2, 0) is 29.1 Å². The fourth-order valence-electron chi connectivity index (χ4n) is 6.02. The molecule has 1 aliphatic carbocycles. The van der Waals surface area contributed by atoms with Gasteiger partial charge in [0.25, 0.3) is 0 Å².